The largest absolute Gasteiger partial charge is 0.236 e. The van der Waals surface area contributed by atoms with Gasteiger partial charge in [0.1, 0.15) is 5.01 Å². The Hall–Kier alpha value is -4.53. The summed E-state index contributed by atoms with van der Waals surface area (Å²) in [4.78, 5) is 4.92. The number of allylic oxidation sites excluding steroid dienone is 9. The molecular weight excluding hydrogens is 563 g/mol. The third-order valence-electron chi connectivity index (χ3n) is 10.5. The van der Waals surface area contributed by atoms with Crippen molar-refractivity contribution in [1.82, 2.24) is 4.98 Å². The molecule has 0 fully saturated rings. The minimum atomic E-state index is -0.187. The Bertz CT molecular complexity index is 2100. The third kappa shape index (κ3) is 4.23. The van der Waals surface area contributed by atoms with Gasteiger partial charge in [0, 0.05) is 17.4 Å². The molecule has 1 aromatic heterocycles. The average molecular weight is 598 g/mol. The fourth-order valence-electron chi connectivity index (χ4n) is 8.38. The SMILES string of the molecule is CC1=CC=C2c3ccc(C4C=Cc5cc(-c6nc7ccccc7s6)ccc5C4)cc3C(C3=CCCC=C3)(c3ccccc3)C2C1. The fraction of sp³-hybridized carbons (Fsp3) is 0.186. The van der Waals surface area contributed by atoms with Gasteiger partial charge in [-0.1, -0.05) is 121 Å². The first kappa shape index (κ1) is 26.8. The molecule has 0 aliphatic heterocycles. The van der Waals surface area contributed by atoms with Gasteiger partial charge in [-0.05, 0) is 95.3 Å². The Morgan fingerprint density at radius 2 is 1.71 bits per heavy atom. The lowest BCUT2D eigenvalue weighted by atomic mass is 9.61. The van der Waals surface area contributed by atoms with Gasteiger partial charge < -0.3 is 0 Å². The van der Waals surface area contributed by atoms with Crippen LogP contribution in [-0.4, -0.2) is 4.98 Å². The number of para-hydroxylation sites is 1. The van der Waals surface area contributed by atoms with Crippen LogP contribution in [0.4, 0.5) is 0 Å². The van der Waals surface area contributed by atoms with Crippen molar-refractivity contribution in [3.63, 3.8) is 0 Å². The van der Waals surface area contributed by atoms with E-state index in [4.69, 9.17) is 4.98 Å². The molecule has 0 saturated heterocycles. The van der Waals surface area contributed by atoms with E-state index in [0.717, 1.165) is 36.2 Å². The quantitative estimate of drug-likeness (QED) is 0.201. The standard InChI is InChI=1S/C43H35NS/c1-28-16-22-36-37-23-21-32(27-39(37)43(38(36)24-28,34-10-4-2-5-11-34)35-12-6-3-7-13-35)30-17-18-31-26-33(20-19-29(31)25-30)42-44-40-14-8-9-15-41(40)45-42/h2,4-6,8-23,26-27,30,38H,3,7,24-25H2,1H3. The maximum atomic E-state index is 4.92. The Morgan fingerprint density at radius 1 is 0.822 bits per heavy atom. The predicted molar refractivity (Wildman–Crippen MR) is 190 cm³/mol. The molecule has 5 aromatic rings. The summed E-state index contributed by atoms with van der Waals surface area (Å²) in [6.07, 6.45) is 21.2. The summed E-state index contributed by atoms with van der Waals surface area (Å²) in [6, 6.07) is 34.1. The molecule has 3 atom stereocenters. The first-order chi connectivity index (χ1) is 22.2. The highest BCUT2D eigenvalue weighted by molar-refractivity contribution is 7.21. The molecule has 218 valence electrons. The van der Waals surface area contributed by atoms with E-state index in [9.17, 15) is 0 Å². The summed E-state index contributed by atoms with van der Waals surface area (Å²) in [5, 5.41) is 1.09. The van der Waals surface area contributed by atoms with E-state index in [0.29, 0.717) is 11.8 Å². The minimum absolute atomic E-state index is 0.187. The summed E-state index contributed by atoms with van der Waals surface area (Å²) in [7, 11) is 0. The van der Waals surface area contributed by atoms with Crippen LogP contribution in [-0.2, 0) is 11.8 Å². The molecule has 0 N–H and O–H groups in total. The molecular formula is C43H35NS. The molecule has 3 unspecified atom stereocenters. The highest BCUT2D eigenvalue weighted by atomic mass is 32.1. The second-order valence-corrected chi connectivity index (χ2v) is 14.1. The second-order valence-electron chi connectivity index (χ2n) is 13.1. The number of hydrogen-bond acceptors (Lipinski definition) is 2. The van der Waals surface area contributed by atoms with Gasteiger partial charge in [-0.3, -0.25) is 0 Å². The zero-order valence-electron chi connectivity index (χ0n) is 25.5. The van der Waals surface area contributed by atoms with Gasteiger partial charge in [-0.2, -0.15) is 0 Å². The normalized spacial score (nSPS) is 23.2. The second kappa shape index (κ2) is 10.5. The van der Waals surface area contributed by atoms with Crippen molar-refractivity contribution in [2.24, 2.45) is 5.92 Å². The number of nitrogens with zero attached hydrogens (tertiary/aromatic N) is 1. The van der Waals surface area contributed by atoms with Crippen LogP contribution in [0.3, 0.4) is 0 Å². The maximum absolute atomic E-state index is 4.92. The van der Waals surface area contributed by atoms with Crippen LogP contribution in [0.15, 0.2) is 139 Å². The zero-order chi connectivity index (χ0) is 30.0. The molecule has 4 aromatic carbocycles. The number of thiazole rings is 1. The van der Waals surface area contributed by atoms with Crippen molar-refractivity contribution in [1.29, 1.82) is 0 Å². The van der Waals surface area contributed by atoms with Crippen LogP contribution in [0, 0.1) is 5.92 Å². The van der Waals surface area contributed by atoms with E-state index < -0.39 is 0 Å². The molecule has 0 saturated carbocycles. The van der Waals surface area contributed by atoms with Crippen LogP contribution in [0.1, 0.15) is 65.5 Å². The molecule has 45 heavy (non-hydrogen) atoms. The number of hydrogen-bond donors (Lipinski definition) is 0. The van der Waals surface area contributed by atoms with Gasteiger partial charge in [0.2, 0.25) is 0 Å². The van der Waals surface area contributed by atoms with Crippen LogP contribution >= 0.6 is 11.3 Å². The Morgan fingerprint density at radius 3 is 2.58 bits per heavy atom. The first-order valence-electron chi connectivity index (χ1n) is 16.3. The Labute approximate surface area is 269 Å². The van der Waals surface area contributed by atoms with Gasteiger partial charge in [0.15, 0.2) is 0 Å². The molecule has 9 rings (SSSR count). The lowest BCUT2D eigenvalue weighted by molar-refractivity contribution is 0.471. The highest BCUT2D eigenvalue weighted by Crippen LogP contribution is 2.61. The summed E-state index contributed by atoms with van der Waals surface area (Å²) >= 11 is 1.77. The van der Waals surface area contributed by atoms with Crippen molar-refractivity contribution < 1.29 is 0 Å². The molecule has 0 amide bonds. The smallest absolute Gasteiger partial charge is 0.124 e. The van der Waals surface area contributed by atoms with E-state index in [1.54, 1.807) is 11.3 Å². The van der Waals surface area contributed by atoms with Crippen LogP contribution in [0.2, 0.25) is 0 Å². The average Bonchev–Trinajstić information content (AvgIpc) is 3.66. The molecule has 0 bridgehead atoms. The molecule has 4 aliphatic carbocycles. The molecule has 0 radical (unpaired) electrons. The topological polar surface area (TPSA) is 12.9 Å². The van der Waals surface area contributed by atoms with E-state index in [1.165, 1.54) is 60.4 Å². The van der Waals surface area contributed by atoms with Crippen LogP contribution in [0.5, 0.6) is 0 Å². The first-order valence-corrected chi connectivity index (χ1v) is 17.1. The number of fused-ring (bicyclic) bond motifs is 5. The third-order valence-corrected chi connectivity index (χ3v) is 11.6. The fourth-order valence-corrected chi connectivity index (χ4v) is 9.34. The van der Waals surface area contributed by atoms with Gasteiger partial charge in [0.25, 0.3) is 0 Å². The van der Waals surface area contributed by atoms with E-state index in [-0.39, 0.29) is 5.41 Å². The zero-order valence-corrected chi connectivity index (χ0v) is 26.4. The lowest BCUT2D eigenvalue weighted by Gasteiger charge is -2.41. The summed E-state index contributed by atoms with van der Waals surface area (Å²) < 4.78 is 1.24. The van der Waals surface area contributed by atoms with Gasteiger partial charge >= 0.3 is 0 Å². The summed E-state index contributed by atoms with van der Waals surface area (Å²) in [5.74, 6) is 0.740. The molecule has 0 spiro atoms. The molecule has 1 nitrogen and oxygen atoms in total. The van der Waals surface area contributed by atoms with E-state index in [2.05, 4.69) is 140 Å². The monoisotopic (exact) mass is 597 g/mol. The van der Waals surface area contributed by atoms with Crippen molar-refractivity contribution in [2.45, 2.75) is 43.9 Å². The van der Waals surface area contributed by atoms with Gasteiger partial charge in [-0.25, -0.2) is 4.98 Å². The Kier molecular flexibility index (Phi) is 6.28. The summed E-state index contributed by atoms with van der Waals surface area (Å²) in [5.41, 5.74) is 15.0. The van der Waals surface area contributed by atoms with Gasteiger partial charge in [-0.15, -0.1) is 11.3 Å². The van der Waals surface area contributed by atoms with E-state index >= 15 is 0 Å². The number of aromatic nitrogens is 1. The maximum Gasteiger partial charge on any atom is 0.124 e. The van der Waals surface area contributed by atoms with Crippen LogP contribution < -0.4 is 0 Å². The Balaban J connectivity index is 1.13. The van der Waals surface area contributed by atoms with Crippen LogP contribution in [0.25, 0.3) is 32.4 Å². The van der Waals surface area contributed by atoms with Crippen molar-refractivity contribution in [3.05, 3.63) is 172 Å². The molecule has 1 heterocycles. The molecule has 2 heteroatoms. The highest BCUT2D eigenvalue weighted by Gasteiger charge is 2.52. The van der Waals surface area contributed by atoms with Crippen molar-refractivity contribution in [2.75, 3.05) is 0 Å². The lowest BCUT2D eigenvalue weighted by Crippen LogP contribution is -2.36. The minimum Gasteiger partial charge on any atom is -0.236 e. The van der Waals surface area contributed by atoms with E-state index in [1.807, 2.05) is 0 Å². The molecule has 4 aliphatic rings. The summed E-state index contributed by atoms with van der Waals surface area (Å²) in [6.45, 7) is 2.30. The van der Waals surface area contributed by atoms with Gasteiger partial charge in [0.05, 0.1) is 15.6 Å². The van der Waals surface area contributed by atoms with Crippen molar-refractivity contribution in [3.8, 4) is 10.6 Å². The number of rotatable bonds is 4. The van der Waals surface area contributed by atoms with Crippen molar-refractivity contribution >= 4 is 33.2 Å². The number of benzene rings is 4. The predicted octanol–water partition coefficient (Wildman–Crippen LogP) is 11.2.